The normalized spacial score (nSPS) is 12.5. The highest BCUT2D eigenvalue weighted by Crippen LogP contribution is 2.30. The summed E-state index contributed by atoms with van der Waals surface area (Å²) in [5.74, 6) is -0.201. The van der Waals surface area contributed by atoms with Crippen LogP contribution in [0.15, 0.2) is 36.4 Å². The van der Waals surface area contributed by atoms with Crippen LogP contribution in [-0.2, 0) is 0 Å². The Kier molecular flexibility index (Phi) is 4.46. The van der Waals surface area contributed by atoms with Gasteiger partial charge >= 0.3 is 0 Å². The Labute approximate surface area is 122 Å². The fourth-order valence-electron chi connectivity index (χ4n) is 2.09. The van der Waals surface area contributed by atoms with E-state index in [-0.39, 0.29) is 11.9 Å². The molecule has 0 aromatic heterocycles. The number of hydrogen-bond acceptors (Lipinski definition) is 1. The van der Waals surface area contributed by atoms with Gasteiger partial charge in [0, 0.05) is 5.56 Å². The summed E-state index contributed by atoms with van der Waals surface area (Å²) in [5.41, 5.74) is 2.10. The first-order valence-corrected chi connectivity index (χ1v) is 6.67. The fourth-order valence-corrected chi connectivity index (χ4v) is 2.39. The Morgan fingerprint density at radius 1 is 1.11 bits per heavy atom. The second-order valence-electron chi connectivity index (χ2n) is 4.37. The van der Waals surface area contributed by atoms with Crippen LogP contribution in [0.3, 0.4) is 0 Å². The third-order valence-corrected chi connectivity index (χ3v) is 3.84. The van der Waals surface area contributed by atoms with Crippen LogP contribution in [0.4, 0.5) is 4.39 Å². The van der Waals surface area contributed by atoms with Gasteiger partial charge in [0.1, 0.15) is 5.82 Å². The van der Waals surface area contributed by atoms with Crippen molar-refractivity contribution in [2.45, 2.75) is 13.0 Å². The average molecular weight is 298 g/mol. The maximum Gasteiger partial charge on any atom is 0.131 e. The quantitative estimate of drug-likeness (QED) is 0.862. The Morgan fingerprint density at radius 3 is 2.47 bits per heavy atom. The van der Waals surface area contributed by atoms with E-state index in [2.05, 4.69) is 5.32 Å². The number of benzene rings is 2. The molecule has 1 atom stereocenters. The van der Waals surface area contributed by atoms with Gasteiger partial charge in [-0.3, -0.25) is 0 Å². The molecule has 1 N–H and O–H groups in total. The van der Waals surface area contributed by atoms with Crippen molar-refractivity contribution in [2.75, 3.05) is 7.05 Å². The lowest BCUT2D eigenvalue weighted by atomic mass is 9.97. The van der Waals surface area contributed by atoms with E-state index in [1.807, 2.05) is 12.1 Å². The van der Waals surface area contributed by atoms with Gasteiger partial charge in [0.25, 0.3) is 0 Å². The van der Waals surface area contributed by atoms with Crippen LogP contribution in [-0.4, -0.2) is 7.05 Å². The maximum absolute atomic E-state index is 14.2. The van der Waals surface area contributed by atoms with Crippen LogP contribution in [0.2, 0.25) is 10.0 Å². The topological polar surface area (TPSA) is 12.0 Å². The molecule has 4 heteroatoms. The molecule has 0 bridgehead atoms. The van der Waals surface area contributed by atoms with Gasteiger partial charge in [-0.15, -0.1) is 0 Å². The Balaban J connectivity index is 2.50. The molecule has 19 heavy (non-hydrogen) atoms. The van der Waals surface area contributed by atoms with Gasteiger partial charge in [-0.2, -0.15) is 0 Å². The molecule has 2 aromatic carbocycles. The molecule has 0 saturated carbocycles. The number of halogens is 3. The lowest BCUT2D eigenvalue weighted by molar-refractivity contribution is 0.569. The van der Waals surface area contributed by atoms with Gasteiger partial charge < -0.3 is 5.32 Å². The molecular weight excluding hydrogens is 284 g/mol. The second kappa shape index (κ2) is 5.91. The van der Waals surface area contributed by atoms with Crippen LogP contribution in [0, 0.1) is 12.7 Å². The van der Waals surface area contributed by atoms with Crippen molar-refractivity contribution in [2.24, 2.45) is 0 Å². The van der Waals surface area contributed by atoms with Crippen molar-refractivity contribution < 1.29 is 4.39 Å². The largest absolute Gasteiger partial charge is 0.309 e. The predicted molar refractivity (Wildman–Crippen MR) is 78.5 cm³/mol. The zero-order valence-corrected chi connectivity index (χ0v) is 12.2. The zero-order chi connectivity index (χ0) is 14.0. The third-order valence-electron chi connectivity index (χ3n) is 3.10. The van der Waals surface area contributed by atoms with Gasteiger partial charge in [0.15, 0.2) is 0 Å². The fraction of sp³-hybridized carbons (Fsp3) is 0.200. The number of nitrogens with one attached hydrogen (secondary N) is 1. The first-order valence-electron chi connectivity index (χ1n) is 5.92. The Morgan fingerprint density at radius 2 is 1.84 bits per heavy atom. The molecule has 1 unspecified atom stereocenters. The monoisotopic (exact) mass is 297 g/mol. The van der Waals surface area contributed by atoms with Crippen molar-refractivity contribution in [3.63, 3.8) is 0 Å². The Bertz CT molecular complexity index is 599. The molecule has 100 valence electrons. The van der Waals surface area contributed by atoms with Crippen LogP contribution in [0.25, 0.3) is 0 Å². The molecular formula is C15H14Cl2FN. The van der Waals surface area contributed by atoms with Crippen LogP contribution < -0.4 is 5.32 Å². The smallest absolute Gasteiger partial charge is 0.131 e. The number of hydrogen-bond donors (Lipinski definition) is 1. The maximum atomic E-state index is 14.2. The summed E-state index contributed by atoms with van der Waals surface area (Å²) in [5, 5.41) is 4.06. The standard InChI is InChI=1S/C15H14Cl2FN/c1-9-4-3-5-11(14(9)18)15(19-2)10-6-7-12(16)13(17)8-10/h3-8,15,19H,1-2H3. The van der Waals surface area contributed by atoms with Gasteiger partial charge in [-0.25, -0.2) is 4.39 Å². The highest BCUT2D eigenvalue weighted by atomic mass is 35.5. The SMILES string of the molecule is CNC(c1ccc(Cl)c(Cl)c1)c1cccc(C)c1F. The van der Waals surface area contributed by atoms with E-state index in [0.717, 1.165) is 5.56 Å². The summed E-state index contributed by atoms with van der Waals surface area (Å²) < 4.78 is 14.2. The van der Waals surface area contributed by atoms with Gasteiger partial charge in [0.05, 0.1) is 16.1 Å². The van der Waals surface area contributed by atoms with Crippen LogP contribution in [0.1, 0.15) is 22.7 Å². The molecule has 0 amide bonds. The van der Waals surface area contributed by atoms with Crippen molar-refractivity contribution >= 4 is 23.2 Å². The predicted octanol–water partition coefficient (Wildman–Crippen LogP) is 4.75. The van der Waals surface area contributed by atoms with Crippen molar-refractivity contribution in [3.05, 3.63) is 69.0 Å². The van der Waals surface area contributed by atoms with Gasteiger partial charge in [-0.1, -0.05) is 47.5 Å². The summed E-state index contributed by atoms with van der Waals surface area (Å²) in [6.07, 6.45) is 0. The molecule has 0 fully saturated rings. The highest BCUT2D eigenvalue weighted by molar-refractivity contribution is 6.42. The van der Waals surface area contributed by atoms with Crippen molar-refractivity contribution in [1.82, 2.24) is 5.32 Å². The molecule has 0 aliphatic heterocycles. The van der Waals surface area contributed by atoms with Crippen LogP contribution >= 0.6 is 23.2 Å². The van der Waals surface area contributed by atoms with E-state index in [1.165, 1.54) is 0 Å². The zero-order valence-electron chi connectivity index (χ0n) is 10.7. The van der Waals surface area contributed by atoms with E-state index >= 15 is 0 Å². The minimum absolute atomic E-state index is 0.201. The average Bonchev–Trinajstić information content (AvgIpc) is 2.39. The second-order valence-corrected chi connectivity index (χ2v) is 5.19. The van der Waals surface area contributed by atoms with E-state index in [4.69, 9.17) is 23.2 Å². The molecule has 0 spiro atoms. The highest BCUT2D eigenvalue weighted by Gasteiger charge is 2.17. The Hall–Kier alpha value is -1.09. The molecule has 2 aromatic rings. The molecule has 0 aliphatic carbocycles. The molecule has 0 saturated heterocycles. The van der Waals surface area contributed by atoms with E-state index in [1.54, 1.807) is 38.2 Å². The molecule has 0 heterocycles. The lowest BCUT2D eigenvalue weighted by Gasteiger charge is -2.19. The number of aryl methyl sites for hydroxylation is 1. The summed E-state index contributed by atoms with van der Waals surface area (Å²) in [7, 11) is 1.79. The van der Waals surface area contributed by atoms with Crippen molar-refractivity contribution in [1.29, 1.82) is 0 Å². The minimum Gasteiger partial charge on any atom is -0.309 e. The van der Waals surface area contributed by atoms with Crippen molar-refractivity contribution in [3.8, 4) is 0 Å². The van der Waals surface area contributed by atoms with Crippen LogP contribution in [0.5, 0.6) is 0 Å². The summed E-state index contributed by atoms with van der Waals surface area (Å²) in [4.78, 5) is 0. The third kappa shape index (κ3) is 2.92. The molecule has 2 rings (SSSR count). The van der Waals surface area contributed by atoms with E-state index < -0.39 is 0 Å². The number of rotatable bonds is 3. The van der Waals surface area contributed by atoms with E-state index in [0.29, 0.717) is 21.2 Å². The molecule has 0 aliphatic rings. The summed E-state index contributed by atoms with van der Waals surface area (Å²) in [6.45, 7) is 1.75. The van der Waals surface area contributed by atoms with E-state index in [9.17, 15) is 4.39 Å². The minimum atomic E-state index is -0.255. The summed E-state index contributed by atoms with van der Waals surface area (Å²) >= 11 is 11.9. The summed E-state index contributed by atoms with van der Waals surface area (Å²) in [6, 6.07) is 10.4. The van der Waals surface area contributed by atoms with Gasteiger partial charge in [-0.05, 0) is 37.2 Å². The first-order chi connectivity index (χ1) is 9.04. The molecule has 0 radical (unpaired) electrons. The van der Waals surface area contributed by atoms with Gasteiger partial charge in [0.2, 0.25) is 0 Å². The lowest BCUT2D eigenvalue weighted by Crippen LogP contribution is -2.19. The first kappa shape index (κ1) is 14.3. The molecule has 1 nitrogen and oxygen atoms in total.